The van der Waals surface area contributed by atoms with Crippen molar-refractivity contribution < 1.29 is 23.0 Å². The molecule has 0 N–H and O–H groups in total. The van der Waals surface area contributed by atoms with Gasteiger partial charge in [0.2, 0.25) is 5.88 Å². The van der Waals surface area contributed by atoms with Crippen molar-refractivity contribution in [2.45, 2.75) is 12.8 Å². The second kappa shape index (κ2) is 6.85. The fourth-order valence-electron chi connectivity index (χ4n) is 1.12. The fourth-order valence-corrected chi connectivity index (χ4v) is 1.12. The first-order chi connectivity index (χ1) is 8.15. The molecule has 1 heterocycles. The molecule has 1 aromatic heterocycles. The van der Waals surface area contributed by atoms with Gasteiger partial charge in [-0.15, -0.1) is 0 Å². The van der Waals surface area contributed by atoms with Crippen molar-refractivity contribution in [2.24, 2.45) is 0 Å². The van der Waals surface area contributed by atoms with Crippen molar-refractivity contribution in [1.29, 1.82) is 0 Å². The van der Waals surface area contributed by atoms with E-state index in [1.54, 1.807) is 0 Å². The van der Waals surface area contributed by atoms with E-state index in [4.69, 9.17) is 4.74 Å². The zero-order valence-corrected chi connectivity index (χ0v) is 9.23. The van der Waals surface area contributed by atoms with E-state index < -0.39 is 13.0 Å². The van der Waals surface area contributed by atoms with Crippen LogP contribution in [0.4, 0.5) is 8.78 Å². The number of hydrogen-bond donors (Lipinski definition) is 0. The second-order valence-electron chi connectivity index (χ2n) is 3.05. The molecule has 0 bridgehead atoms. The maximum absolute atomic E-state index is 11.7. The van der Waals surface area contributed by atoms with Gasteiger partial charge >= 0.3 is 0 Å². The first-order valence-corrected chi connectivity index (χ1v) is 4.89. The zero-order valence-electron chi connectivity index (χ0n) is 9.23. The number of rotatable bonds is 7. The molecule has 0 saturated carbocycles. The van der Waals surface area contributed by atoms with Crippen molar-refractivity contribution >= 4 is 5.78 Å². The van der Waals surface area contributed by atoms with Gasteiger partial charge in [-0.25, -0.2) is 18.7 Å². The summed E-state index contributed by atoms with van der Waals surface area (Å²) in [6, 6.07) is 0. The van der Waals surface area contributed by atoms with Crippen LogP contribution in [0, 0.1) is 0 Å². The van der Waals surface area contributed by atoms with Gasteiger partial charge in [0.05, 0.1) is 13.7 Å². The Hall–Kier alpha value is -1.63. The molecule has 0 aliphatic heterocycles. The van der Waals surface area contributed by atoms with E-state index in [0.717, 1.165) is 0 Å². The highest BCUT2D eigenvalue weighted by Gasteiger charge is 2.14. The molecule has 0 unspecified atom stereocenters. The predicted molar refractivity (Wildman–Crippen MR) is 54.4 cm³/mol. The van der Waals surface area contributed by atoms with Crippen LogP contribution in [-0.4, -0.2) is 42.5 Å². The van der Waals surface area contributed by atoms with Gasteiger partial charge in [0.15, 0.2) is 11.5 Å². The summed E-state index contributed by atoms with van der Waals surface area (Å²) < 4.78 is 33.0. The fraction of sp³-hybridized carbons (Fsp3) is 0.500. The van der Waals surface area contributed by atoms with Gasteiger partial charge in [-0.1, -0.05) is 0 Å². The number of carbonyl (C=O) groups excluding carboxylic acids is 1. The van der Waals surface area contributed by atoms with Crippen LogP contribution in [-0.2, 0) is 4.74 Å². The molecule has 94 valence electrons. The molecule has 0 atom stereocenters. The highest BCUT2D eigenvalue weighted by Crippen LogP contribution is 2.12. The summed E-state index contributed by atoms with van der Waals surface area (Å²) in [4.78, 5) is 19.2. The largest absolute Gasteiger partial charge is 0.479 e. The molecule has 7 heteroatoms. The summed E-state index contributed by atoms with van der Waals surface area (Å²) in [6.45, 7) is -0.756. The third kappa shape index (κ3) is 4.39. The Bertz CT molecular complexity index is 374. The Morgan fingerprint density at radius 2 is 2.12 bits per heavy atom. The number of alkyl halides is 2. The van der Waals surface area contributed by atoms with Gasteiger partial charge in [0, 0.05) is 18.8 Å². The average Bonchev–Trinajstić information content (AvgIpc) is 2.34. The second-order valence-corrected chi connectivity index (χ2v) is 3.05. The summed E-state index contributed by atoms with van der Waals surface area (Å²) in [5.41, 5.74) is 0.0793. The van der Waals surface area contributed by atoms with E-state index in [2.05, 4.69) is 14.7 Å². The summed E-state index contributed by atoms with van der Waals surface area (Å²) in [5.74, 6) is -0.240. The van der Waals surface area contributed by atoms with Crippen LogP contribution in [0.1, 0.15) is 16.9 Å². The topological polar surface area (TPSA) is 61.3 Å². The molecular formula is C10H12F2N2O3. The molecule has 0 aromatic carbocycles. The molecular weight excluding hydrogens is 234 g/mol. The summed E-state index contributed by atoms with van der Waals surface area (Å²) in [7, 11) is 1.37. The number of ether oxygens (including phenoxy) is 2. The van der Waals surface area contributed by atoms with E-state index in [9.17, 15) is 13.6 Å². The minimum atomic E-state index is -2.53. The number of carbonyl (C=O) groups is 1. The number of hydrogen-bond acceptors (Lipinski definition) is 5. The predicted octanol–water partition coefficient (Wildman–Crippen LogP) is 1.34. The molecule has 0 amide bonds. The summed E-state index contributed by atoms with van der Waals surface area (Å²) >= 11 is 0. The number of ketones is 1. The number of Topliss-reactive ketones (excluding diaryl/α,β-unsaturated/α-hetero) is 1. The van der Waals surface area contributed by atoms with E-state index in [-0.39, 0.29) is 30.4 Å². The van der Waals surface area contributed by atoms with Gasteiger partial charge in [0.25, 0.3) is 6.43 Å². The highest BCUT2D eigenvalue weighted by molar-refractivity contribution is 5.96. The van der Waals surface area contributed by atoms with E-state index in [0.29, 0.717) is 0 Å². The lowest BCUT2D eigenvalue weighted by atomic mass is 10.2. The molecule has 0 aliphatic rings. The molecule has 17 heavy (non-hydrogen) atoms. The van der Waals surface area contributed by atoms with Crippen molar-refractivity contribution in [3.8, 4) is 5.88 Å². The van der Waals surface area contributed by atoms with E-state index >= 15 is 0 Å². The molecule has 1 rings (SSSR count). The summed E-state index contributed by atoms with van der Waals surface area (Å²) in [6.07, 6.45) is 0.177. The first-order valence-electron chi connectivity index (χ1n) is 4.89. The van der Waals surface area contributed by atoms with Crippen molar-refractivity contribution in [2.75, 3.05) is 20.3 Å². The lowest BCUT2D eigenvalue weighted by Crippen LogP contribution is -2.11. The quantitative estimate of drug-likeness (QED) is 0.536. The normalized spacial score (nSPS) is 10.6. The summed E-state index contributed by atoms with van der Waals surface area (Å²) in [5, 5.41) is 0. The Balaban J connectivity index is 2.47. The monoisotopic (exact) mass is 246 g/mol. The molecule has 0 fully saturated rings. The number of methoxy groups -OCH3 is 1. The van der Waals surface area contributed by atoms with Crippen molar-refractivity contribution in [3.63, 3.8) is 0 Å². The molecule has 5 nitrogen and oxygen atoms in total. The van der Waals surface area contributed by atoms with Crippen LogP contribution in [0.25, 0.3) is 0 Å². The van der Waals surface area contributed by atoms with Gasteiger partial charge in [-0.05, 0) is 0 Å². The first kappa shape index (κ1) is 13.4. The SMILES string of the molecule is COc1nccnc1C(=O)CCOCC(F)F. The van der Waals surface area contributed by atoms with Crippen LogP contribution >= 0.6 is 0 Å². The van der Waals surface area contributed by atoms with Crippen LogP contribution in [0.2, 0.25) is 0 Å². The molecule has 0 saturated heterocycles. The van der Waals surface area contributed by atoms with Crippen molar-refractivity contribution in [1.82, 2.24) is 9.97 Å². The number of nitrogens with zero attached hydrogens (tertiary/aromatic N) is 2. The Kier molecular flexibility index (Phi) is 5.41. The standard InChI is InChI=1S/C10H12F2N2O3/c1-16-10-9(13-3-4-14-10)7(15)2-5-17-6-8(11)12/h3-4,8H,2,5-6H2,1H3. The Morgan fingerprint density at radius 3 is 2.76 bits per heavy atom. The maximum Gasteiger partial charge on any atom is 0.261 e. The third-order valence-corrected chi connectivity index (χ3v) is 1.84. The molecule has 0 spiro atoms. The minimum Gasteiger partial charge on any atom is -0.479 e. The lowest BCUT2D eigenvalue weighted by molar-refractivity contribution is 0.0169. The van der Waals surface area contributed by atoms with Crippen LogP contribution in [0.3, 0.4) is 0 Å². The van der Waals surface area contributed by atoms with E-state index in [1.165, 1.54) is 19.5 Å². The average molecular weight is 246 g/mol. The molecule has 0 radical (unpaired) electrons. The van der Waals surface area contributed by atoms with Gasteiger partial charge in [-0.2, -0.15) is 0 Å². The Morgan fingerprint density at radius 1 is 1.41 bits per heavy atom. The molecule has 0 aliphatic carbocycles. The van der Waals surface area contributed by atoms with Crippen molar-refractivity contribution in [3.05, 3.63) is 18.1 Å². The smallest absolute Gasteiger partial charge is 0.261 e. The van der Waals surface area contributed by atoms with Gasteiger partial charge in [-0.3, -0.25) is 4.79 Å². The zero-order chi connectivity index (χ0) is 12.7. The highest BCUT2D eigenvalue weighted by atomic mass is 19.3. The third-order valence-electron chi connectivity index (χ3n) is 1.84. The lowest BCUT2D eigenvalue weighted by Gasteiger charge is -2.05. The molecule has 1 aromatic rings. The van der Waals surface area contributed by atoms with Crippen LogP contribution in [0.5, 0.6) is 5.88 Å². The van der Waals surface area contributed by atoms with Crippen LogP contribution in [0.15, 0.2) is 12.4 Å². The number of halogens is 2. The van der Waals surface area contributed by atoms with Gasteiger partial charge < -0.3 is 9.47 Å². The number of aromatic nitrogens is 2. The van der Waals surface area contributed by atoms with E-state index in [1.807, 2.05) is 0 Å². The van der Waals surface area contributed by atoms with Crippen LogP contribution < -0.4 is 4.74 Å². The minimum absolute atomic E-state index is 0.0399. The Labute approximate surface area is 96.8 Å². The van der Waals surface area contributed by atoms with Gasteiger partial charge in [0.1, 0.15) is 6.61 Å². The maximum atomic E-state index is 11.7.